The van der Waals surface area contributed by atoms with Gasteiger partial charge in [-0.2, -0.15) is 0 Å². The van der Waals surface area contributed by atoms with E-state index in [1.54, 1.807) is 0 Å². The van der Waals surface area contributed by atoms with Crippen molar-refractivity contribution in [2.75, 3.05) is 13.1 Å². The second-order valence-electron chi connectivity index (χ2n) is 6.14. The number of carbonyl (C=O) groups excluding carboxylic acids is 1. The Labute approximate surface area is 114 Å². The van der Waals surface area contributed by atoms with Crippen molar-refractivity contribution in [2.24, 2.45) is 17.4 Å². The molecule has 106 valence electrons. The van der Waals surface area contributed by atoms with Crippen LogP contribution in [0.3, 0.4) is 0 Å². The van der Waals surface area contributed by atoms with Crippen molar-refractivity contribution < 1.29 is 4.79 Å². The minimum Gasteiger partial charge on any atom is -0.322 e. The number of nitrogens with zero attached hydrogens (tertiary/aromatic N) is 2. The Balaban J connectivity index is 1.86. The monoisotopic (exact) mass is 264 g/mol. The highest BCUT2D eigenvalue weighted by atomic mass is 16.2. The highest BCUT2D eigenvalue weighted by Gasteiger charge is 2.50. The predicted molar refractivity (Wildman–Crippen MR) is 73.9 cm³/mol. The molecule has 3 aliphatic rings. The van der Waals surface area contributed by atoms with Crippen molar-refractivity contribution in [3.63, 3.8) is 0 Å². The molecular weight excluding hydrogens is 240 g/mol. The predicted octanol–water partition coefficient (Wildman–Crippen LogP) is 0.219. The van der Waals surface area contributed by atoms with Crippen LogP contribution in [-0.2, 0) is 4.79 Å². The second-order valence-corrected chi connectivity index (χ2v) is 6.14. The van der Waals surface area contributed by atoms with E-state index in [1.165, 1.54) is 12.8 Å². The lowest BCUT2D eigenvalue weighted by molar-refractivity contribution is -0.135. The third-order valence-electron chi connectivity index (χ3n) is 4.91. The summed E-state index contributed by atoms with van der Waals surface area (Å²) in [5.74, 6) is 0.425. The summed E-state index contributed by atoms with van der Waals surface area (Å²) in [6, 6.07) is -0.289. The molecule has 2 fully saturated rings. The molecular formula is C14H24N4O. The quantitative estimate of drug-likeness (QED) is 0.748. The Kier molecular flexibility index (Phi) is 3.15. The Morgan fingerprint density at radius 1 is 1.32 bits per heavy atom. The SMILES string of the molecule is CC1N(C(=O)C2CC2)C=CC(N)C1(N)N1CCCC1. The van der Waals surface area contributed by atoms with Gasteiger partial charge in [-0.25, -0.2) is 0 Å². The van der Waals surface area contributed by atoms with Gasteiger partial charge in [0.1, 0.15) is 5.66 Å². The van der Waals surface area contributed by atoms with Crippen LogP contribution in [0.1, 0.15) is 32.6 Å². The van der Waals surface area contributed by atoms with E-state index in [-0.39, 0.29) is 23.9 Å². The van der Waals surface area contributed by atoms with Crippen LogP contribution < -0.4 is 11.5 Å². The average molecular weight is 264 g/mol. The van der Waals surface area contributed by atoms with Gasteiger partial charge in [0.2, 0.25) is 5.91 Å². The molecule has 0 aromatic heterocycles. The number of hydrogen-bond acceptors (Lipinski definition) is 4. The largest absolute Gasteiger partial charge is 0.322 e. The lowest BCUT2D eigenvalue weighted by Crippen LogP contribution is -2.75. The molecule has 0 bridgehead atoms. The molecule has 2 aliphatic heterocycles. The Hall–Kier alpha value is -0.910. The van der Waals surface area contributed by atoms with Crippen LogP contribution >= 0.6 is 0 Å². The van der Waals surface area contributed by atoms with Gasteiger partial charge in [-0.3, -0.25) is 9.69 Å². The molecule has 1 amide bonds. The first-order valence-electron chi connectivity index (χ1n) is 7.35. The van der Waals surface area contributed by atoms with Crippen molar-refractivity contribution in [2.45, 2.75) is 50.4 Å². The zero-order valence-corrected chi connectivity index (χ0v) is 11.6. The van der Waals surface area contributed by atoms with Gasteiger partial charge in [-0.15, -0.1) is 0 Å². The summed E-state index contributed by atoms with van der Waals surface area (Å²) in [5, 5.41) is 0. The summed E-state index contributed by atoms with van der Waals surface area (Å²) in [6.07, 6.45) is 8.10. The Morgan fingerprint density at radius 3 is 2.53 bits per heavy atom. The average Bonchev–Trinajstić information content (AvgIpc) is 3.10. The summed E-state index contributed by atoms with van der Waals surface area (Å²) < 4.78 is 0. The first-order chi connectivity index (χ1) is 9.05. The first kappa shape index (κ1) is 13.1. The third kappa shape index (κ3) is 2.00. The van der Waals surface area contributed by atoms with Crippen LogP contribution in [0.5, 0.6) is 0 Å². The molecule has 0 spiro atoms. The molecule has 5 nitrogen and oxygen atoms in total. The summed E-state index contributed by atoms with van der Waals surface area (Å²) in [4.78, 5) is 16.4. The lowest BCUT2D eigenvalue weighted by Gasteiger charge is -2.51. The van der Waals surface area contributed by atoms with Crippen LogP contribution in [0.15, 0.2) is 12.3 Å². The molecule has 0 aromatic carbocycles. The number of amides is 1. The summed E-state index contributed by atoms with van der Waals surface area (Å²) in [5.41, 5.74) is 12.3. The van der Waals surface area contributed by atoms with E-state index in [9.17, 15) is 4.79 Å². The molecule has 3 rings (SSSR count). The number of likely N-dealkylation sites (tertiary alicyclic amines) is 1. The van der Waals surface area contributed by atoms with Gasteiger partial charge in [0.25, 0.3) is 0 Å². The van der Waals surface area contributed by atoms with Crippen molar-refractivity contribution in [1.29, 1.82) is 0 Å². The van der Waals surface area contributed by atoms with Crippen LogP contribution in [0.4, 0.5) is 0 Å². The van der Waals surface area contributed by atoms with E-state index < -0.39 is 5.66 Å². The van der Waals surface area contributed by atoms with Crippen LogP contribution in [0, 0.1) is 5.92 Å². The smallest absolute Gasteiger partial charge is 0.229 e. The minimum atomic E-state index is -0.629. The van der Waals surface area contributed by atoms with E-state index in [0.29, 0.717) is 0 Å². The standard InChI is InChI=1S/C14H24N4O/c1-10-14(16,17-7-2-3-8-17)12(15)6-9-18(10)13(19)11-4-5-11/h6,9-12H,2-5,7-8,15-16H2,1H3. The highest BCUT2D eigenvalue weighted by molar-refractivity contribution is 5.82. The topological polar surface area (TPSA) is 75.6 Å². The zero-order chi connectivity index (χ0) is 13.6. The van der Waals surface area contributed by atoms with Crippen molar-refractivity contribution in [1.82, 2.24) is 9.80 Å². The van der Waals surface area contributed by atoms with E-state index in [2.05, 4.69) is 4.90 Å². The fourth-order valence-electron chi connectivity index (χ4n) is 3.35. The molecule has 3 atom stereocenters. The van der Waals surface area contributed by atoms with Crippen LogP contribution in [0.25, 0.3) is 0 Å². The molecule has 0 radical (unpaired) electrons. The van der Waals surface area contributed by atoms with E-state index in [0.717, 1.165) is 25.9 Å². The molecule has 3 unspecified atom stereocenters. The summed E-state index contributed by atoms with van der Waals surface area (Å²) in [7, 11) is 0. The molecule has 2 heterocycles. The van der Waals surface area contributed by atoms with E-state index >= 15 is 0 Å². The van der Waals surface area contributed by atoms with Crippen molar-refractivity contribution >= 4 is 5.91 Å². The molecule has 1 saturated carbocycles. The second kappa shape index (κ2) is 4.58. The molecule has 1 saturated heterocycles. The minimum absolute atomic E-state index is 0.0706. The van der Waals surface area contributed by atoms with Crippen molar-refractivity contribution in [3.05, 3.63) is 12.3 Å². The van der Waals surface area contributed by atoms with Gasteiger partial charge in [-0.05, 0) is 38.7 Å². The van der Waals surface area contributed by atoms with Gasteiger partial charge >= 0.3 is 0 Å². The number of nitrogens with two attached hydrogens (primary N) is 2. The molecule has 19 heavy (non-hydrogen) atoms. The fraction of sp³-hybridized carbons (Fsp3) is 0.786. The summed E-state index contributed by atoms with van der Waals surface area (Å²) >= 11 is 0. The van der Waals surface area contributed by atoms with Crippen molar-refractivity contribution in [3.8, 4) is 0 Å². The van der Waals surface area contributed by atoms with Gasteiger partial charge < -0.3 is 16.4 Å². The number of rotatable bonds is 2. The van der Waals surface area contributed by atoms with Gasteiger partial charge in [-0.1, -0.05) is 0 Å². The highest BCUT2D eigenvalue weighted by Crippen LogP contribution is 2.36. The maximum Gasteiger partial charge on any atom is 0.229 e. The third-order valence-corrected chi connectivity index (χ3v) is 4.91. The zero-order valence-electron chi connectivity index (χ0n) is 11.6. The number of hydrogen-bond donors (Lipinski definition) is 2. The Bertz CT molecular complexity index is 400. The van der Waals surface area contributed by atoms with Gasteiger partial charge in [0.15, 0.2) is 0 Å². The van der Waals surface area contributed by atoms with E-state index in [1.807, 2.05) is 24.1 Å². The van der Waals surface area contributed by atoms with Crippen LogP contribution in [0.2, 0.25) is 0 Å². The number of carbonyl (C=O) groups is 1. The van der Waals surface area contributed by atoms with Gasteiger partial charge in [0, 0.05) is 25.2 Å². The molecule has 4 N–H and O–H groups in total. The Morgan fingerprint density at radius 2 is 1.95 bits per heavy atom. The maximum atomic E-state index is 12.3. The normalized spacial score (nSPS) is 39.8. The summed E-state index contributed by atoms with van der Waals surface area (Å²) in [6.45, 7) is 3.99. The fourth-order valence-corrected chi connectivity index (χ4v) is 3.35. The van der Waals surface area contributed by atoms with Crippen LogP contribution in [-0.4, -0.2) is 46.5 Å². The molecule has 5 heteroatoms. The molecule has 1 aliphatic carbocycles. The molecule has 0 aromatic rings. The first-order valence-corrected chi connectivity index (χ1v) is 7.35. The van der Waals surface area contributed by atoms with E-state index in [4.69, 9.17) is 11.5 Å². The lowest BCUT2D eigenvalue weighted by atomic mass is 9.88. The maximum absolute atomic E-state index is 12.3. The van der Waals surface area contributed by atoms with Gasteiger partial charge in [0.05, 0.1) is 12.1 Å².